The Morgan fingerprint density at radius 2 is 1.17 bits per heavy atom. The number of hydrogen-bond acceptors (Lipinski definition) is 0. The van der Waals surface area contributed by atoms with Crippen molar-refractivity contribution < 1.29 is 44.0 Å². The first-order valence-corrected chi connectivity index (χ1v) is 10.3. The normalized spacial score (nSPS) is 16.7. The molecule has 0 spiro atoms. The molecule has 0 aromatic rings. The van der Waals surface area contributed by atoms with E-state index in [1.54, 1.807) is 30.0 Å². The Morgan fingerprint density at radius 1 is 0.783 bits per heavy atom. The van der Waals surface area contributed by atoms with E-state index in [-0.39, 0.29) is 44.0 Å². The van der Waals surface area contributed by atoms with Gasteiger partial charge in [-0.25, -0.2) is 0 Å². The number of allylic oxidation sites excluding steroid dienone is 8. The maximum absolute atomic E-state index is 2.52. The Labute approximate surface area is 164 Å². The molecule has 0 saturated heterocycles. The summed E-state index contributed by atoms with van der Waals surface area (Å²) in [5, 5.41) is 0. The Hall–Kier alpha value is 0.254. The predicted octanol–water partition coefficient (Wildman–Crippen LogP) is 0.666. The summed E-state index contributed by atoms with van der Waals surface area (Å²) in [6.07, 6.45) is 15.4. The van der Waals surface area contributed by atoms with Gasteiger partial charge in [0.15, 0.2) is 0 Å². The molecule has 2 rings (SSSR count). The summed E-state index contributed by atoms with van der Waals surface area (Å²) in [6, 6.07) is 0. The van der Waals surface area contributed by atoms with Crippen LogP contribution in [0.15, 0.2) is 42.2 Å². The fourth-order valence-electron chi connectivity index (χ4n) is 3.20. The van der Waals surface area contributed by atoms with Gasteiger partial charge in [0.2, 0.25) is 0 Å². The van der Waals surface area contributed by atoms with E-state index in [1.807, 2.05) is 0 Å². The van der Waals surface area contributed by atoms with Gasteiger partial charge in [-0.15, -0.1) is 0 Å². The standard InChI is InChI=1S/2C10H15.2ClH.Ti/c2*1-3-4-5-10-7-6-9(2)8-10;;;/h2*7H,3-6H2,1-2H3;2*1H;/q;;;;+2/p-2. The van der Waals surface area contributed by atoms with E-state index in [2.05, 4.69) is 39.8 Å². The number of hydrogen-bond donors (Lipinski definition) is 0. The molecule has 128 valence electrons. The number of rotatable bonds is 8. The predicted molar refractivity (Wildman–Crippen MR) is 89.9 cm³/mol. The van der Waals surface area contributed by atoms with Gasteiger partial charge in [0.1, 0.15) is 0 Å². The molecule has 0 aromatic heterocycles. The zero-order valence-corrected chi connectivity index (χ0v) is 18.1. The molecule has 2 aliphatic rings. The second kappa shape index (κ2) is 11.7. The smallest absolute Gasteiger partial charge is 1.00 e. The van der Waals surface area contributed by atoms with E-state index in [1.165, 1.54) is 51.4 Å². The first-order chi connectivity index (χ1) is 10.2. The van der Waals surface area contributed by atoms with Gasteiger partial charge >= 0.3 is 140 Å². The summed E-state index contributed by atoms with van der Waals surface area (Å²) in [7, 11) is 0. The van der Waals surface area contributed by atoms with Crippen molar-refractivity contribution in [2.75, 3.05) is 0 Å². The van der Waals surface area contributed by atoms with Gasteiger partial charge in [-0.1, -0.05) is 0 Å². The maximum Gasteiger partial charge on any atom is -1.00 e. The largest absolute Gasteiger partial charge is 1.00 e. The van der Waals surface area contributed by atoms with Crippen LogP contribution in [0, 0.1) is 0 Å². The molecule has 0 amide bonds. The van der Waals surface area contributed by atoms with Crippen molar-refractivity contribution in [1.82, 2.24) is 0 Å². The quantitative estimate of drug-likeness (QED) is 0.536. The van der Waals surface area contributed by atoms with Crippen molar-refractivity contribution >= 4 is 0 Å². The third-order valence-electron chi connectivity index (χ3n) is 4.65. The van der Waals surface area contributed by atoms with Crippen LogP contribution >= 0.6 is 0 Å². The minimum Gasteiger partial charge on any atom is -1.00 e. The van der Waals surface area contributed by atoms with Crippen molar-refractivity contribution in [3.8, 4) is 0 Å². The minimum absolute atomic E-state index is 0. The summed E-state index contributed by atoms with van der Waals surface area (Å²) in [5.41, 5.74) is 6.75. The number of halogens is 2. The van der Waals surface area contributed by atoms with Gasteiger partial charge in [-0.2, -0.15) is 0 Å². The van der Waals surface area contributed by atoms with E-state index >= 15 is 0 Å². The molecule has 0 unspecified atom stereocenters. The Morgan fingerprint density at radius 3 is 1.52 bits per heavy atom. The van der Waals surface area contributed by atoms with Crippen LogP contribution in [-0.2, 0) is 19.2 Å². The average molecular weight is 389 g/mol. The van der Waals surface area contributed by atoms with E-state index < -0.39 is 0 Å². The Balaban J connectivity index is 0.00000242. The van der Waals surface area contributed by atoms with Gasteiger partial charge in [-0.05, 0) is 0 Å². The summed E-state index contributed by atoms with van der Waals surface area (Å²) in [4.78, 5) is 0. The SMILES string of the molecule is CCCCC1=CCC(C)=[C]1[Ti+2][C]1=C(C)CC=C1CCCC.[Cl-].[Cl-]. The maximum atomic E-state index is 2.52. The van der Waals surface area contributed by atoms with Gasteiger partial charge < -0.3 is 24.8 Å². The molecular formula is C20H30Cl2Ti. The van der Waals surface area contributed by atoms with E-state index in [0.29, 0.717) is 0 Å². The Kier molecular flexibility index (Phi) is 11.9. The van der Waals surface area contributed by atoms with Gasteiger partial charge in [0, 0.05) is 0 Å². The molecule has 0 fully saturated rings. The third-order valence-corrected chi connectivity index (χ3v) is 7.77. The van der Waals surface area contributed by atoms with Crippen LogP contribution in [0.1, 0.15) is 79.1 Å². The summed E-state index contributed by atoms with van der Waals surface area (Å²) in [5.74, 6) is 0. The summed E-state index contributed by atoms with van der Waals surface area (Å²) in [6.45, 7) is 9.34. The molecule has 0 radical (unpaired) electrons. The molecule has 0 N–H and O–H groups in total. The second-order valence-corrected chi connectivity index (χ2v) is 8.46. The van der Waals surface area contributed by atoms with Crippen LogP contribution in [0.3, 0.4) is 0 Å². The fraction of sp³-hybridized carbons (Fsp3) is 0.600. The van der Waals surface area contributed by atoms with E-state index in [9.17, 15) is 0 Å². The summed E-state index contributed by atoms with van der Waals surface area (Å²) >= 11 is -0.113. The summed E-state index contributed by atoms with van der Waals surface area (Å²) < 4.78 is 3.59. The van der Waals surface area contributed by atoms with Crippen molar-refractivity contribution in [2.24, 2.45) is 0 Å². The minimum atomic E-state index is -0.113. The van der Waals surface area contributed by atoms with Gasteiger partial charge in [0.05, 0.1) is 0 Å². The molecule has 23 heavy (non-hydrogen) atoms. The fourth-order valence-corrected chi connectivity index (χ4v) is 5.78. The van der Waals surface area contributed by atoms with Crippen LogP contribution in [0.25, 0.3) is 0 Å². The monoisotopic (exact) mass is 388 g/mol. The molecule has 0 aromatic carbocycles. The van der Waals surface area contributed by atoms with Gasteiger partial charge in [0.25, 0.3) is 0 Å². The second-order valence-electron chi connectivity index (χ2n) is 6.51. The zero-order chi connectivity index (χ0) is 15.2. The molecule has 0 aliphatic heterocycles. The third kappa shape index (κ3) is 6.24. The molecule has 0 nitrogen and oxygen atoms in total. The van der Waals surface area contributed by atoms with Crippen LogP contribution in [0.4, 0.5) is 0 Å². The zero-order valence-electron chi connectivity index (χ0n) is 15.1. The van der Waals surface area contributed by atoms with E-state index in [4.69, 9.17) is 0 Å². The Bertz CT molecular complexity index is 464. The van der Waals surface area contributed by atoms with Crippen molar-refractivity contribution in [2.45, 2.75) is 79.1 Å². The average Bonchev–Trinajstić information content (AvgIpc) is 3.00. The topological polar surface area (TPSA) is 0 Å². The first kappa shape index (κ1) is 23.3. The van der Waals surface area contributed by atoms with Crippen molar-refractivity contribution in [3.63, 3.8) is 0 Å². The van der Waals surface area contributed by atoms with Crippen LogP contribution in [0.5, 0.6) is 0 Å². The molecule has 0 bridgehead atoms. The van der Waals surface area contributed by atoms with Crippen molar-refractivity contribution in [3.05, 3.63) is 42.2 Å². The molecule has 0 atom stereocenters. The molecular weight excluding hydrogens is 359 g/mol. The van der Waals surface area contributed by atoms with Gasteiger partial charge in [-0.3, -0.25) is 0 Å². The van der Waals surface area contributed by atoms with E-state index in [0.717, 1.165) is 0 Å². The van der Waals surface area contributed by atoms with Crippen LogP contribution in [0.2, 0.25) is 0 Å². The number of unbranched alkanes of at least 4 members (excludes halogenated alkanes) is 2. The van der Waals surface area contributed by atoms with Crippen LogP contribution in [-0.4, -0.2) is 0 Å². The first-order valence-electron chi connectivity index (χ1n) is 8.72. The van der Waals surface area contributed by atoms with Crippen molar-refractivity contribution in [1.29, 1.82) is 0 Å². The molecule has 0 heterocycles. The molecule has 3 heteroatoms. The van der Waals surface area contributed by atoms with Crippen LogP contribution < -0.4 is 24.8 Å². The molecule has 2 aliphatic carbocycles. The molecule has 0 saturated carbocycles.